The number of piperazine rings is 1. The van der Waals surface area contributed by atoms with Crippen LogP contribution < -0.4 is 10.0 Å². The number of sulfonamides is 1. The summed E-state index contributed by atoms with van der Waals surface area (Å²) < 4.78 is 67.1. The zero-order chi connectivity index (χ0) is 31.3. The summed E-state index contributed by atoms with van der Waals surface area (Å²) in [4.78, 5) is 33.2. The van der Waals surface area contributed by atoms with Crippen LogP contribution in [0.5, 0.6) is 0 Å². The van der Waals surface area contributed by atoms with E-state index in [1.165, 1.54) is 0 Å². The van der Waals surface area contributed by atoms with Crippen molar-refractivity contribution in [3.05, 3.63) is 64.8 Å². The first-order chi connectivity index (χ1) is 20.0. The van der Waals surface area contributed by atoms with Gasteiger partial charge in [0, 0.05) is 49.2 Å². The fourth-order valence-corrected chi connectivity index (χ4v) is 7.34. The number of carbonyl (C=O) groups excluding carboxylic acids is 2. The molecule has 14 heteroatoms. The van der Waals surface area contributed by atoms with Gasteiger partial charge in [-0.15, -0.1) is 0 Å². The van der Waals surface area contributed by atoms with Crippen molar-refractivity contribution < 1.29 is 31.2 Å². The molecule has 3 heterocycles. The molecule has 0 spiro atoms. The van der Waals surface area contributed by atoms with E-state index in [1.807, 2.05) is 45.0 Å². The number of hydrogen-bond acceptors (Lipinski definition) is 5. The number of hydrogen-bond donors (Lipinski definition) is 3. The second-order valence-electron chi connectivity index (χ2n) is 12.1. The average molecular weight is 640 g/mol. The molecule has 3 N–H and O–H groups in total. The molecule has 2 amide bonds. The van der Waals surface area contributed by atoms with Crippen LogP contribution >= 0.6 is 11.6 Å². The Labute approximate surface area is 252 Å². The number of halogens is 4. The summed E-state index contributed by atoms with van der Waals surface area (Å²) >= 11 is 5.91. The molecule has 2 bridgehead atoms. The molecule has 9 nitrogen and oxygen atoms in total. The number of aromatic nitrogens is 1. The zero-order valence-electron chi connectivity index (χ0n) is 23.8. The van der Waals surface area contributed by atoms with Crippen LogP contribution in [0.3, 0.4) is 0 Å². The molecule has 2 aliphatic rings. The van der Waals surface area contributed by atoms with Crippen molar-refractivity contribution in [1.29, 1.82) is 0 Å². The smallest absolute Gasteiger partial charge is 0.351 e. The molecule has 3 aromatic rings. The van der Waals surface area contributed by atoms with Crippen LogP contribution in [0.1, 0.15) is 43.2 Å². The molecule has 2 fully saturated rings. The molecule has 0 radical (unpaired) electrons. The first-order valence-corrected chi connectivity index (χ1v) is 15.7. The second kappa shape index (κ2) is 11.4. The summed E-state index contributed by atoms with van der Waals surface area (Å²) in [5.41, 5.74) is -0.483. The topological polar surface area (TPSA) is 115 Å². The maximum Gasteiger partial charge on any atom is 0.416 e. The third kappa shape index (κ3) is 6.54. The van der Waals surface area contributed by atoms with Gasteiger partial charge < -0.3 is 15.2 Å². The highest BCUT2D eigenvalue weighted by Crippen LogP contribution is 2.35. The highest BCUT2D eigenvalue weighted by molar-refractivity contribution is 7.89. The molecule has 0 aliphatic carbocycles. The molecule has 5 rings (SSSR count). The van der Waals surface area contributed by atoms with Crippen molar-refractivity contribution in [1.82, 2.24) is 24.8 Å². The Morgan fingerprint density at radius 1 is 1.07 bits per heavy atom. The van der Waals surface area contributed by atoms with E-state index < -0.39 is 38.1 Å². The maximum absolute atomic E-state index is 13.8. The SMILES string of the molecule is CC(C)(C)[C@H](NC(=O)c1cc2ccccc2[nH]1)C(=O)N1C[C@@H]2C[C@H]1CN2CCNS(=O)(=O)c1cc(C(F)(F)F)ccc1Cl. The highest BCUT2D eigenvalue weighted by atomic mass is 35.5. The summed E-state index contributed by atoms with van der Waals surface area (Å²) in [6.07, 6.45) is -4.01. The Morgan fingerprint density at radius 3 is 2.42 bits per heavy atom. The van der Waals surface area contributed by atoms with E-state index in [2.05, 4.69) is 19.9 Å². The number of para-hydroxylation sites is 1. The first-order valence-electron chi connectivity index (χ1n) is 13.8. The largest absolute Gasteiger partial charge is 0.416 e. The lowest BCUT2D eigenvalue weighted by molar-refractivity contribution is -0.138. The minimum absolute atomic E-state index is 0.0133. The zero-order valence-corrected chi connectivity index (χ0v) is 25.4. The number of fused-ring (bicyclic) bond motifs is 3. The van der Waals surface area contributed by atoms with Crippen molar-refractivity contribution in [2.75, 3.05) is 26.2 Å². The van der Waals surface area contributed by atoms with E-state index in [1.54, 1.807) is 11.0 Å². The molecule has 232 valence electrons. The van der Waals surface area contributed by atoms with E-state index in [-0.39, 0.29) is 35.5 Å². The standard InChI is InChI=1S/C29H33ClF3N5O4S/c1-28(2,3)25(36-26(39)23-12-17-6-4-5-7-22(17)35-23)27(40)38-16-19-14-20(38)15-37(19)11-10-34-43(41,42)24-13-18(29(31,32)33)8-9-21(24)30/h4-9,12-13,19-20,25,34-35H,10-11,14-16H2,1-3H3,(H,36,39)/t19-,20-,25+/m0/s1. The Balaban J connectivity index is 1.19. The lowest BCUT2D eigenvalue weighted by Gasteiger charge is -2.39. The number of amides is 2. The molecule has 2 aromatic carbocycles. The van der Waals surface area contributed by atoms with Crippen molar-refractivity contribution in [2.24, 2.45) is 5.41 Å². The van der Waals surface area contributed by atoms with E-state index in [0.717, 1.165) is 23.0 Å². The highest BCUT2D eigenvalue weighted by Gasteiger charge is 2.48. The van der Waals surface area contributed by atoms with Crippen molar-refractivity contribution >= 4 is 44.3 Å². The Morgan fingerprint density at radius 2 is 1.79 bits per heavy atom. The predicted octanol–water partition coefficient (Wildman–Crippen LogP) is 4.25. The first kappa shape index (κ1) is 31.3. The molecule has 0 saturated carbocycles. The third-order valence-electron chi connectivity index (χ3n) is 8.04. The molecule has 3 atom stereocenters. The van der Waals surface area contributed by atoms with Crippen LogP contribution in [-0.4, -0.2) is 79.3 Å². The maximum atomic E-state index is 13.8. The third-order valence-corrected chi connectivity index (χ3v) is 9.98. The Bertz CT molecular complexity index is 1620. The average Bonchev–Trinajstić information content (AvgIpc) is 3.64. The number of alkyl halides is 3. The lowest BCUT2D eigenvalue weighted by atomic mass is 9.85. The van der Waals surface area contributed by atoms with Crippen molar-refractivity contribution in [2.45, 2.75) is 56.4 Å². The van der Waals surface area contributed by atoms with Gasteiger partial charge in [-0.3, -0.25) is 14.5 Å². The van der Waals surface area contributed by atoms with Crippen molar-refractivity contribution in [3.63, 3.8) is 0 Å². The van der Waals surface area contributed by atoms with Gasteiger partial charge in [0.1, 0.15) is 16.6 Å². The van der Waals surface area contributed by atoms with E-state index in [0.29, 0.717) is 37.8 Å². The van der Waals surface area contributed by atoms with Gasteiger partial charge >= 0.3 is 6.18 Å². The van der Waals surface area contributed by atoms with Gasteiger partial charge in [0.05, 0.1) is 10.6 Å². The van der Waals surface area contributed by atoms with Gasteiger partial charge in [-0.2, -0.15) is 13.2 Å². The minimum atomic E-state index is -4.71. The number of nitrogens with one attached hydrogen (secondary N) is 3. The van der Waals surface area contributed by atoms with Gasteiger partial charge in [0.25, 0.3) is 5.91 Å². The fourth-order valence-electron chi connectivity index (χ4n) is 5.80. The number of rotatable bonds is 8. The van der Waals surface area contributed by atoms with Gasteiger partial charge in [-0.1, -0.05) is 50.6 Å². The second-order valence-corrected chi connectivity index (χ2v) is 14.3. The van der Waals surface area contributed by atoms with Crippen LogP contribution in [0.25, 0.3) is 10.9 Å². The number of nitrogens with zero attached hydrogens (tertiary/aromatic N) is 2. The molecule has 1 aromatic heterocycles. The molecule has 43 heavy (non-hydrogen) atoms. The van der Waals surface area contributed by atoms with E-state index in [9.17, 15) is 31.2 Å². The number of likely N-dealkylation sites (tertiary alicyclic amines) is 2. The Kier molecular flexibility index (Phi) is 8.31. The normalized spacial score (nSPS) is 20.1. The van der Waals surface area contributed by atoms with Gasteiger partial charge in [-0.05, 0) is 42.2 Å². The van der Waals surface area contributed by atoms with Crippen LogP contribution in [-0.2, 0) is 21.0 Å². The number of carbonyl (C=O) groups is 2. The van der Waals surface area contributed by atoms with E-state index in [4.69, 9.17) is 11.6 Å². The number of aromatic amines is 1. The van der Waals surface area contributed by atoms with Crippen LogP contribution in [0.2, 0.25) is 5.02 Å². The Hall–Kier alpha value is -3.13. The minimum Gasteiger partial charge on any atom is -0.351 e. The molecular weight excluding hydrogens is 607 g/mol. The summed E-state index contributed by atoms with van der Waals surface area (Å²) in [5, 5.41) is 3.52. The van der Waals surface area contributed by atoms with Gasteiger partial charge in [0.15, 0.2) is 0 Å². The number of benzene rings is 2. The molecule has 2 aliphatic heterocycles. The summed E-state index contributed by atoms with van der Waals surface area (Å²) in [6.45, 7) is 6.87. The lowest BCUT2D eigenvalue weighted by Crippen LogP contribution is -2.59. The summed E-state index contributed by atoms with van der Waals surface area (Å²) in [5.74, 6) is -0.549. The fraction of sp³-hybridized carbons (Fsp3) is 0.448. The number of H-pyrrole nitrogens is 1. The predicted molar refractivity (Wildman–Crippen MR) is 156 cm³/mol. The van der Waals surface area contributed by atoms with Gasteiger partial charge in [0.2, 0.25) is 15.9 Å². The monoisotopic (exact) mass is 639 g/mol. The van der Waals surface area contributed by atoms with Crippen molar-refractivity contribution in [3.8, 4) is 0 Å². The summed E-state index contributed by atoms with van der Waals surface area (Å²) in [7, 11) is -4.29. The van der Waals surface area contributed by atoms with Crippen LogP contribution in [0.15, 0.2) is 53.4 Å². The van der Waals surface area contributed by atoms with Crippen LogP contribution in [0.4, 0.5) is 13.2 Å². The summed E-state index contributed by atoms with van der Waals surface area (Å²) in [6, 6.07) is 10.5. The molecular formula is C29H33ClF3N5O4S. The van der Waals surface area contributed by atoms with Gasteiger partial charge in [-0.25, -0.2) is 13.1 Å². The quantitative estimate of drug-likeness (QED) is 0.341. The molecule has 0 unspecified atom stereocenters. The van der Waals surface area contributed by atoms with Crippen LogP contribution in [0, 0.1) is 5.41 Å². The van der Waals surface area contributed by atoms with E-state index >= 15 is 0 Å². The molecule has 2 saturated heterocycles.